The average molecular weight is 587 g/mol. The van der Waals surface area contributed by atoms with Crippen LogP contribution in [0.15, 0.2) is 78.9 Å². The van der Waals surface area contributed by atoms with Gasteiger partial charge >= 0.3 is 11.9 Å². The number of carbonyl (C=O) groups is 2. The van der Waals surface area contributed by atoms with Crippen molar-refractivity contribution in [2.45, 2.75) is 65.2 Å². The molecule has 0 aliphatic rings. The molecule has 1 atom stereocenters. The van der Waals surface area contributed by atoms with Crippen LogP contribution in [0.4, 0.5) is 0 Å². The van der Waals surface area contributed by atoms with E-state index in [0.717, 1.165) is 29.5 Å². The monoisotopic (exact) mass is 586 g/mol. The third kappa shape index (κ3) is 11.1. The lowest BCUT2D eigenvalue weighted by atomic mass is 9.97. The molecule has 3 aromatic rings. The smallest absolute Gasteiger partial charge is 0.341 e. The first-order valence-corrected chi connectivity index (χ1v) is 15.2. The van der Waals surface area contributed by atoms with Gasteiger partial charge in [-0.3, -0.25) is 4.79 Å². The lowest BCUT2D eigenvalue weighted by Gasteiger charge is -2.15. The Balaban J connectivity index is 1.74. The summed E-state index contributed by atoms with van der Waals surface area (Å²) in [4.78, 5) is 24.9. The summed E-state index contributed by atoms with van der Waals surface area (Å²) in [5.41, 5.74) is 5.73. The summed E-state index contributed by atoms with van der Waals surface area (Å²) < 4.78 is 21.3. The number of hydrogen-bond donors (Lipinski definition) is 0. The Labute approximate surface area is 257 Å². The highest BCUT2D eigenvalue weighted by Gasteiger charge is 2.18. The minimum atomic E-state index is -0.522. The molecular weight excluding hydrogens is 540 g/mol. The van der Waals surface area contributed by atoms with Crippen LogP contribution in [0.2, 0.25) is 0 Å². The van der Waals surface area contributed by atoms with Gasteiger partial charge in [0.15, 0.2) is 0 Å². The normalized spacial score (nSPS) is 11.6. The van der Waals surface area contributed by atoms with Crippen molar-refractivity contribution in [3.63, 3.8) is 0 Å². The summed E-state index contributed by atoms with van der Waals surface area (Å²) in [6, 6.07) is 22.0. The third-order valence-corrected chi connectivity index (χ3v) is 7.37. The van der Waals surface area contributed by atoms with E-state index in [-0.39, 0.29) is 24.1 Å². The van der Waals surface area contributed by atoms with Gasteiger partial charge in [0.1, 0.15) is 11.5 Å². The van der Waals surface area contributed by atoms with E-state index in [9.17, 15) is 9.59 Å². The number of rotatable bonds is 18. The van der Waals surface area contributed by atoms with Crippen molar-refractivity contribution in [3.05, 3.63) is 95.6 Å². The fourth-order valence-corrected chi connectivity index (χ4v) is 4.79. The molecule has 0 aliphatic carbocycles. The van der Waals surface area contributed by atoms with Crippen LogP contribution in [0.1, 0.15) is 62.6 Å². The molecule has 0 saturated heterocycles. The number of ether oxygens (including phenoxy) is 4. The number of carbonyl (C=O) groups excluding carboxylic acids is 2. The minimum Gasteiger partial charge on any atom is -0.426 e. The molecule has 3 rings (SSSR count). The second kappa shape index (κ2) is 18.0. The highest BCUT2D eigenvalue weighted by molar-refractivity contribution is 5.89. The molecule has 0 radical (unpaired) electrons. The van der Waals surface area contributed by atoms with E-state index in [4.69, 9.17) is 18.9 Å². The second-order valence-corrected chi connectivity index (χ2v) is 11.0. The number of methoxy groups -OCH3 is 2. The van der Waals surface area contributed by atoms with Crippen molar-refractivity contribution in [3.8, 4) is 22.6 Å². The standard InChI is InChI=1S/C37H46O6/c1-6-7-8-9-10-11-29-12-14-30(15-13-29)16-17-33-24-32(20-23-35(33)43-37(39)28(3)26-41-5)31-18-21-34(22-19-31)42-36(38)27(2)25-40-4/h12-15,18-24,28H,2,6-11,16-17,25-26H2,1,3-5H3. The third-order valence-electron chi connectivity index (χ3n) is 7.37. The largest absolute Gasteiger partial charge is 0.426 e. The molecular formula is C37H46O6. The van der Waals surface area contributed by atoms with Crippen LogP contribution in [-0.2, 0) is 38.3 Å². The summed E-state index contributed by atoms with van der Waals surface area (Å²) in [7, 11) is 3.07. The molecule has 0 aliphatic heterocycles. The fourth-order valence-electron chi connectivity index (χ4n) is 4.79. The van der Waals surface area contributed by atoms with Gasteiger partial charge in [-0.15, -0.1) is 0 Å². The van der Waals surface area contributed by atoms with Crippen molar-refractivity contribution in [2.75, 3.05) is 27.4 Å². The number of unbranched alkanes of at least 4 members (excludes halogenated alkanes) is 4. The van der Waals surface area contributed by atoms with Crippen LogP contribution in [0.5, 0.6) is 11.5 Å². The molecule has 43 heavy (non-hydrogen) atoms. The van der Waals surface area contributed by atoms with Crippen LogP contribution >= 0.6 is 0 Å². The van der Waals surface area contributed by atoms with Gasteiger partial charge < -0.3 is 18.9 Å². The van der Waals surface area contributed by atoms with Gasteiger partial charge in [0.2, 0.25) is 0 Å². The molecule has 0 spiro atoms. The lowest BCUT2D eigenvalue weighted by Crippen LogP contribution is -2.22. The zero-order valence-electron chi connectivity index (χ0n) is 26.2. The van der Waals surface area contributed by atoms with E-state index in [1.165, 1.54) is 50.3 Å². The van der Waals surface area contributed by atoms with Crippen LogP contribution in [0, 0.1) is 5.92 Å². The molecule has 0 heterocycles. The molecule has 0 saturated carbocycles. The van der Waals surface area contributed by atoms with E-state index < -0.39 is 5.97 Å². The predicted octanol–water partition coefficient (Wildman–Crippen LogP) is 7.95. The molecule has 0 amide bonds. The maximum absolute atomic E-state index is 12.7. The molecule has 6 nitrogen and oxygen atoms in total. The fraction of sp³-hybridized carbons (Fsp3) is 0.405. The number of esters is 2. The highest BCUT2D eigenvalue weighted by Crippen LogP contribution is 2.30. The molecule has 0 bridgehead atoms. The Kier molecular flexibility index (Phi) is 14.2. The summed E-state index contributed by atoms with van der Waals surface area (Å²) in [5, 5.41) is 0. The first-order chi connectivity index (χ1) is 20.8. The highest BCUT2D eigenvalue weighted by atomic mass is 16.5. The molecule has 6 heteroatoms. The van der Waals surface area contributed by atoms with Crippen LogP contribution in [0.3, 0.4) is 0 Å². The Morgan fingerprint density at radius 3 is 2.05 bits per heavy atom. The van der Waals surface area contributed by atoms with Gasteiger partial charge in [0, 0.05) is 14.2 Å². The van der Waals surface area contributed by atoms with Gasteiger partial charge in [-0.05, 0) is 84.7 Å². The van der Waals surface area contributed by atoms with E-state index in [1.54, 1.807) is 26.2 Å². The SMILES string of the molecule is C=C(COC)C(=O)Oc1ccc(-c2ccc(OC(=O)C(C)COC)c(CCc3ccc(CCCCCCC)cc3)c2)cc1. The maximum Gasteiger partial charge on any atom is 0.341 e. The molecule has 230 valence electrons. The zero-order valence-corrected chi connectivity index (χ0v) is 26.2. The Morgan fingerprint density at radius 2 is 1.40 bits per heavy atom. The van der Waals surface area contributed by atoms with Gasteiger partial charge in [-0.25, -0.2) is 4.79 Å². The first kappa shape index (κ1) is 33.8. The number of aryl methyl sites for hydroxylation is 3. The van der Waals surface area contributed by atoms with Gasteiger partial charge in [0.25, 0.3) is 0 Å². The van der Waals surface area contributed by atoms with Crippen molar-refractivity contribution in [1.82, 2.24) is 0 Å². The molecule has 0 fully saturated rings. The molecule has 3 aromatic carbocycles. The van der Waals surface area contributed by atoms with Crippen molar-refractivity contribution >= 4 is 11.9 Å². The van der Waals surface area contributed by atoms with E-state index >= 15 is 0 Å². The Morgan fingerprint density at radius 1 is 0.744 bits per heavy atom. The quantitative estimate of drug-likeness (QED) is 0.0652. The van der Waals surface area contributed by atoms with E-state index in [2.05, 4.69) is 43.8 Å². The first-order valence-electron chi connectivity index (χ1n) is 15.2. The second-order valence-electron chi connectivity index (χ2n) is 11.0. The van der Waals surface area contributed by atoms with Gasteiger partial charge in [0.05, 0.1) is 24.7 Å². The Hall–Kier alpha value is -3.74. The molecule has 0 N–H and O–H groups in total. The van der Waals surface area contributed by atoms with Crippen molar-refractivity contribution < 1.29 is 28.5 Å². The summed E-state index contributed by atoms with van der Waals surface area (Å²) >= 11 is 0. The van der Waals surface area contributed by atoms with Gasteiger partial charge in [-0.2, -0.15) is 0 Å². The lowest BCUT2D eigenvalue weighted by molar-refractivity contribution is -0.140. The Bertz CT molecular complexity index is 1310. The summed E-state index contributed by atoms with van der Waals surface area (Å²) in [6.45, 7) is 8.14. The number of benzene rings is 3. The topological polar surface area (TPSA) is 71.1 Å². The van der Waals surface area contributed by atoms with Crippen LogP contribution in [0.25, 0.3) is 11.1 Å². The summed E-state index contributed by atoms with van der Waals surface area (Å²) in [5.74, 6) is -0.232. The maximum atomic E-state index is 12.7. The van der Waals surface area contributed by atoms with Gasteiger partial charge in [-0.1, -0.05) is 81.7 Å². The summed E-state index contributed by atoms with van der Waals surface area (Å²) in [6.07, 6.45) is 9.06. The average Bonchev–Trinajstić information content (AvgIpc) is 3.01. The molecule has 1 unspecified atom stereocenters. The minimum absolute atomic E-state index is 0.115. The van der Waals surface area contributed by atoms with E-state index in [0.29, 0.717) is 24.5 Å². The van der Waals surface area contributed by atoms with Crippen molar-refractivity contribution in [2.24, 2.45) is 5.92 Å². The zero-order chi connectivity index (χ0) is 31.0. The van der Waals surface area contributed by atoms with Crippen LogP contribution in [-0.4, -0.2) is 39.4 Å². The predicted molar refractivity (Wildman–Crippen MR) is 172 cm³/mol. The van der Waals surface area contributed by atoms with Crippen LogP contribution < -0.4 is 9.47 Å². The van der Waals surface area contributed by atoms with E-state index in [1.807, 2.05) is 24.3 Å². The number of hydrogen-bond acceptors (Lipinski definition) is 6. The van der Waals surface area contributed by atoms with Crippen molar-refractivity contribution in [1.29, 1.82) is 0 Å². The molecule has 0 aromatic heterocycles.